The molecule has 1 aliphatic rings. The highest BCUT2D eigenvalue weighted by molar-refractivity contribution is 7.88. The van der Waals surface area contributed by atoms with E-state index in [4.69, 9.17) is 21.1 Å². The molecule has 2 aromatic rings. The first kappa shape index (κ1) is 21.4. The van der Waals surface area contributed by atoms with Crippen LogP contribution in [0.3, 0.4) is 0 Å². The van der Waals surface area contributed by atoms with Crippen molar-refractivity contribution in [2.24, 2.45) is 0 Å². The van der Waals surface area contributed by atoms with Crippen molar-refractivity contribution < 1.29 is 22.7 Å². The first-order chi connectivity index (χ1) is 13.8. The van der Waals surface area contributed by atoms with E-state index >= 15 is 0 Å². The summed E-state index contributed by atoms with van der Waals surface area (Å²) in [5.74, 6) is 0.917. The van der Waals surface area contributed by atoms with Gasteiger partial charge in [0.2, 0.25) is 15.9 Å². The molecule has 0 radical (unpaired) electrons. The SMILES string of the molecule is CS(=O)(=O)N(CC(=O)NCc1ccc2c(c1)OCCCO2)Cc1ccccc1Cl. The van der Waals surface area contributed by atoms with Crippen molar-refractivity contribution in [3.8, 4) is 11.5 Å². The second kappa shape index (κ2) is 9.47. The van der Waals surface area contributed by atoms with Gasteiger partial charge in [-0.05, 0) is 29.3 Å². The van der Waals surface area contributed by atoms with Gasteiger partial charge in [-0.25, -0.2) is 8.42 Å². The molecular formula is C20H23ClN2O5S. The smallest absolute Gasteiger partial charge is 0.235 e. The summed E-state index contributed by atoms with van der Waals surface area (Å²) < 4.78 is 36.6. The minimum absolute atomic E-state index is 0.0238. The summed E-state index contributed by atoms with van der Waals surface area (Å²) in [4.78, 5) is 12.4. The summed E-state index contributed by atoms with van der Waals surface area (Å²) in [6.07, 6.45) is 1.88. The molecule has 0 spiro atoms. The molecule has 0 aliphatic carbocycles. The van der Waals surface area contributed by atoms with Crippen LogP contribution in [0.25, 0.3) is 0 Å². The lowest BCUT2D eigenvalue weighted by molar-refractivity contribution is -0.121. The topological polar surface area (TPSA) is 84.9 Å². The van der Waals surface area contributed by atoms with Crippen molar-refractivity contribution in [3.05, 3.63) is 58.6 Å². The summed E-state index contributed by atoms with van der Waals surface area (Å²) in [7, 11) is -3.60. The Morgan fingerprint density at radius 3 is 2.59 bits per heavy atom. The predicted molar refractivity (Wildman–Crippen MR) is 111 cm³/mol. The van der Waals surface area contributed by atoms with Gasteiger partial charge in [-0.3, -0.25) is 4.79 Å². The van der Waals surface area contributed by atoms with Gasteiger partial charge in [0.15, 0.2) is 11.5 Å². The minimum Gasteiger partial charge on any atom is -0.490 e. The van der Waals surface area contributed by atoms with E-state index < -0.39 is 15.9 Å². The van der Waals surface area contributed by atoms with Gasteiger partial charge in [0.05, 0.1) is 26.0 Å². The lowest BCUT2D eigenvalue weighted by Gasteiger charge is -2.20. The van der Waals surface area contributed by atoms with Gasteiger partial charge in [0.25, 0.3) is 0 Å². The number of rotatable bonds is 7. The Hall–Kier alpha value is -2.29. The summed E-state index contributed by atoms with van der Waals surface area (Å²) in [5, 5.41) is 3.20. The van der Waals surface area contributed by atoms with Crippen molar-refractivity contribution in [2.75, 3.05) is 26.0 Å². The van der Waals surface area contributed by atoms with Crippen LogP contribution in [-0.4, -0.2) is 44.6 Å². The third kappa shape index (κ3) is 6.09. The molecule has 1 aliphatic heterocycles. The number of halogens is 1. The first-order valence-corrected chi connectivity index (χ1v) is 11.4. The standard InChI is InChI=1S/C20H23ClN2O5S/c1-29(25,26)23(13-16-5-2-3-6-17(16)21)14-20(24)22-12-15-7-8-18-19(11-15)28-10-4-9-27-18/h2-3,5-8,11H,4,9-10,12-14H2,1H3,(H,22,24). The van der Waals surface area contributed by atoms with Crippen molar-refractivity contribution in [3.63, 3.8) is 0 Å². The second-order valence-corrected chi connectivity index (χ2v) is 9.12. The number of hydrogen-bond donors (Lipinski definition) is 1. The molecule has 0 saturated carbocycles. The molecule has 0 atom stereocenters. The highest BCUT2D eigenvalue weighted by Crippen LogP contribution is 2.30. The number of fused-ring (bicyclic) bond motifs is 1. The van der Waals surface area contributed by atoms with Crippen LogP contribution in [0.15, 0.2) is 42.5 Å². The average Bonchev–Trinajstić information content (AvgIpc) is 2.91. The molecule has 0 bridgehead atoms. The van der Waals surface area contributed by atoms with E-state index in [-0.39, 0.29) is 19.6 Å². The summed E-state index contributed by atoms with van der Waals surface area (Å²) >= 11 is 6.12. The fourth-order valence-corrected chi connectivity index (χ4v) is 3.76. The third-order valence-electron chi connectivity index (χ3n) is 4.40. The number of carbonyl (C=O) groups excluding carboxylic acids is 1. The molecule has 9 heteroatoms. The van der Waals surface area contributed by atoms with E-state index in [1.165, 1.54) is 0 Å². The van der Waals surface area contributed by atoms with Gasteiger partial charge in [-0.1, -0.05) is 35.9 Å². The molecule has 7 nitrogen and oxygen atoms in total. The Balaban J connectivity index is 1.62. The summed E-state index contributed by atoms with van der Waals surface area (Å²) in [6.45, 7) is 1.16. The average molecular weight is 439 g/mol. The van der Waals surface area contributed by atoms with Gasteiger partial charge in [0.1, 0.15) is 0 Å². The Kier molecular flexibility index (Phi) is 7.00. The second-order valence-electron chi connectivity index (χ2n) is 6.73. The largest absolute Gasteiger partial charge is 0.490 e. The zero-order chi connectivity index (χ0) is 20.9. The Morgan fingerprint density at radius 1 is 1.14 bits per heavy atom. The molecule has 156 valence electrons. The van der Waals surface area contributed by atoms with E-state index in [2.05, 4.69) is 5.32 Å². The lowest BCUT2D eigenvalue weighted by atomic mass is 10.2. The van der Waals surface area contributed by atoms with Crippen LogP contribution in [0.5, 0.6) is 11.5 Å². The maximum atomic E-state index is 12.4. The molecule has 2 aromatic carbocycles. The normalized spacial score (nSPS) is 13.8. The van der Waals surface area contributed by atoms with Crippen LogP contribution in [0, 0.1) is 0 Å². The Bertz CT molecular complexity index is 981. The molecule has 1 amide bonds. The quantitative estimate of drug-likeness (QED) is 0.718. The van der Waals surface area contributed by atoms with Crippen molar-refractivity contribution in [1.29, 1.82) is 0 Å². The summed E-state index contributed by atoms with van der Waals surface area (Å²) in [5.41, 5.74) is 1.47. The number of sulfonamides is 1. The molecule has 29 heavy (non-hydrogen) atoms. The Morgan fingerprint density at radius 2 is 1.86 bits per heavy atom. The zero-order valence-corrected chi connectivity index (χ0v) is 17.6. The van der Waals surface area contributed by atoms with Gasteiger partial charge >= 0.3 is 0 Å². The van der Waals surface area contributed by atoms with Crippen LogP contribution in [0.2, 0.25) is 5.02 Å². The van der Waals surface area contributed by atoms with Crippen molar-refractivity contribution in [1.82, 2.24) is 9.62 Å². The van der Waals surface area contributed by atoms with Crippen LogP contribution < -0.4 is 14.8 Å². The van der Waals surface area contributed by atoms with E-state index in [1.54, 1.807) is 24.3 Å². The summed E-state index contributed by atoms with van der Waals surface area (Å²) in [6, 6.07) is 12.4. The zero-order valence-electron chi connectivity index (χ0n) is 16.1. The maximum absolute atomic E-state index is 12.4. The fraction of sp³-hybridized carbons (Fsp3) is 0.350. The molecule has 0 aromatic heterocycles. The van der Waals surface area contributed by atoms with E-state index in [0.29, 0.717) is 35.3 Å². The molecule has 0 fully saturated rings. The predicted octanol–water partition coefficient (Wildman–Crippen LogP) is 2.58. The van der Waals surface area contributed by atoms with E-state index in [9.17, 15) is 13.2 Å². The molecule has 1 heterocycles. The van der Waals surface area contributed by atoms with Gasteiger partial charge in [-0.15, -0.1) is 0 Å². The number of carbonyl (C=O) groups is 1. The van der Waals surface area contributed by atoms with Crippen molar-refractivity contribution >= 4 is 27.5 Å². The molecular weight excluding hydrogens is 416 g/mol. The fourth-order valence-electron chi connectivity index (χ4n) is 2.84. The maximum Gasteiger partial charge on any atom is 0.235 e. The van der Waals surface area contributed by atoms with Crippen LogP contribution in [-0.2, 0) is 27.9 Å². The van der Waals surface area contributed by atoms with Crippen LogP contribution in [0.1, 0.15) is 17.5 Å². The number of hydrogen-bond acceptors (Lipinski definition) is 5. The number of nitrogens with zero attached hydrogens (tertiary/aromatic N) is 1. The number of benzene rings is 2. The van der Waals surface area contributed by atoms with Crippen molar-refractivity contribution in [2.45, 2.75) is 19.5 Å². The number of ether oxygens (including phenoxy) is 2. The molecule has 1 N–H and O–H groups in total. The van der Waals surface area contributed by atoms with Gasteiger partial charge < -0.3 is 14.8 Å². The molecule has 0 saturated heterocycles. The third-order valence-corrected chi connectivity index (χ3v) is 5.96. The van der Waals surface area contributed by atoms with Crippen LogP contribution in [0.4, 0.5) is 0 Å². The molecule has 3 rings (SSSR count). The van der Waals surface area contributed by atoms with E-state index in [0.717, 1.165) is 22.5 Å². The number of nitrogens with one attached hydrogen (secondary N) is 1. The minimum atomic E-state index is -3.60. The van der Waals surface area contributed by atoms with Gasteiger partial charge in [0, 0.05) is 24.5 Å². The van der Waals surface area contributed by atoms with E-state index in [1.807, 2.05) is 18.2 Å². The van der Waals surface area contributed by atoms with Crippen LogP contribution >= 0.6 is 11.6 Å². The highest BCUT2D eigenvalue weighted by Gasteiger charge is 2.21. The Labute approximate surface area is 175 Å². The monoisotopic (exact) mass is 438 g/mol. The first-order valence-electron chi connectivity index (χ1n) is 9.16. The number of amides is 1. The van der Waals surface area contributed by atoms with Gasteiger partial charge in [-0.2, -0.15) is 4.31 Å². The lowest BCUT2D eigenvalue weighted by Crippen LogP contribution is -2.39. The molecule has 0 unspecified atom stereocenters. The highest BCUT2D eigenvalue weighted by atomic mass is 35.5.